The molecule has 1 amide bonds. The molecule has 35 heavy (non-hydrogen) atoms. The fourth-order valence-electron chi connectivity index (χ4n) is 5.00. The van der Waals surface area contributed by atoms with Crippen molar-refractivity contribution in [1.29, 1.82) is 0 Å². The largest absolute Gasteiger partial charge is 0.598 e. The molecule has 1 saturated heterocycles. The van der Waals surface area contributed by atoms with E-state index in [4.69, 9.17) is 5.73 Å². The lowest BCUT2D eigenvalue weighted by Gasteiger charge is -2.38. The van der Waals surface area contributed by atoms with Crippen molar-refractivity contribution in [2.45, 2.75) is 63.7 Å². The van der Waals surface area contributed by atoms with Crippen molar-refractivity contribution in [2.24, 2.45) is 24.6 Å². The number of amides is 1. The van der Waals surface area contributed by atoms with Crippen LogP contribution in [0.3, 0.4) is 0 Å². The van der Waals surface area contributed by atoms with Crippen LogP contribution in [0.2, 0.25) is 0 Å². The molecule has 2 aromatic heterocycles. The predicted molar refractivity (Wildman–Crippen MR) is 142 cm³/mol. The monoisotopic (exact) mass is 566 g/mol. The molecular weight excluding hydrogens is 532 g/mol. The van der Waals surface area contributed by atoms with Crippen molar-refractivity contribution in [3.05, 3.63) is 22.6 Å². The third kappa shape index (κ3) is 6.28. The Bertz CT molecular complexity index is 1020. The number of halogens is 1. The third-order valence-corrected chi connectivity index (χ3v) is 9.65. The van der Waals surface area contributed by atoms with Crippen LogP contribution in [-0.2, 0) is 18.4 Å². The van der Waals surface area contributed by atoms with Gasteiger partial charge in [-0.25, -0.2) is 4.98 Å². The van der Waals surface area contributed by atoms with Gasteiger partial charge in [-0.05, 0) is 66.3 Å². The standard InChI is InChI=1S/C23H35BrN8O2S/c1-14(2)15-4-6-17(7-5-15)35(34)32-10-8-16(9-11-32)28-23-26-12-18(24)22(30-23)29-19-13-27-31(3)20(19)21(25)33/h12-17H,4-11H2,1-3H3,(H2,25,33)(H2,26,28,29,30). The van der Waals surface area contributed by atoms with Crippen LogP contribution in [0.5, 0.6) is 0 Å². The summed E-state index contributed by atoms with van der Waals surface area (Å²) < 4.78 is 17.4. The lowest BCUT2D eigenvalue weighted by Crippen LogP contribution is -2.47. The second-order valence-corrected chi connectivity index (χ2v) is 12.4. The number of nitrogens with one attached hydrogen (secondary N) is 2. The zero-order valence-electron chi connectivity index (χ0n) is 20.5. The van der Waals surface area contributed by atoms with Crippen molar-refractivity contribution < 1.29 is 9.35 Å². The lowest BCUT2D eigenvalue weighted by atomic mass is 9.81. The van der Waals surface area contributed by atoms with Crippen molar-refractivity contribution in [3.63, 3.8) is 0 Å². The van der Waals surface area contributed by atoms with Crippen molar-refractivity contribution in [2.75, 3.05) is 23.7 Å². The Kier molecular flexibility index (Phi) is 8.56. The SMILES string of the molecule is CC(C)C1CCC([S+]([O-])N2CCC(Nc3ncc(Br)c(Nc4cnn(C)c4C(N)=O)n3)CC2)CC1. The summed E-state index contributed by atoms with van der Waals surface area (Å²) >= 11 is 2.55. The van der Waals surface area contributed by atoms with E-state index in [2.05, 4.69) is 59.8 Å². The number of primary amides is 1. The molecule has 0 aromatic carbocycles. The number of nitrogens with zero attached hydrogens (tertiary/aromatic N) is 5. The highest BCUT2D eigenvalue weighted by atomic mass is 79.9. The highest BCUT2D eigenvalue weighted by Gasteiger charge is 2.36. The van der Waals surface area contributed by atoms with E-state index in [0.29, 0.717) is 27.2 Å². The molecule has 12 heteroatoms. The molecule has 2 fully saturated rings. The number of carbonyl (C=O) groups excluding carboxylic acids is 1. The van der Waals surface area contributed by atoms with Crippen LogP contribution in [0.4, 0.5) is 17.5 Å². The smallest absolute Gasteiger partial charge is 0.269 e. The zero-order chi connectivity index (χ0) is 25.1. The number of aromatic nitrogens is 4. The molecule has 0 spiro atoms. The van der Waals surface area contributed by atoms with E-state index in [1.807, 2.05) is 0 Å². The van der Waals surface area contributed by atoms with Gasteiger partial charge in [0, 0.05) is 43.7 Å². The highest BCUT2D eigenvalue weighted by molar-refractivity contribution is 9.10. The second kappa shape index (κ2) is 11.4. The number of nitrogens with two attached hydrogens (primary N) is 1. The summed E-state index contributed by atoms with van der Waals surface area (Å²) in [6.45, 7) is 6.19. The Morgan fingerprint density at radius 1 is 1.20 bits per heavy atom. The molecule has 1 saturated carbocycles. The first-order valence-corrected chi connectivity index (χ1v) is 14.2. The number of anilines is 3. The third-order valence-electron chi connectivity index (χ3n) is 7.16. The maximum atomic E-state index is 13.2. The van der Waals surface area contributed by atoms with Gasteiger partial charge in [0.2, 0.25) is 5.95 Å². The minimum absolute atomic E-state index is 0.202. The second-order valence-electron chi connectivity index (χ2n) is 9.81. The van der Waals surface area contributed by atoms with Gasteiger partial charge in [-0.3, -0.25) is 9.48 Å². The Balaban J connectivity index is 1.31. The molecule has 1 atom stereocenters. The first-order chi connectivity index (χ1) is 16.7. The number of hydrogen-bond donors (Lipinski definition) is 3. The molecule has 2 aliphatic rings. The average molecular weight is 568 g/mol. The Hall–Kier alpha value is -1.89. The molecule has 10 nitrogen and oxygen atoms in total. The molecule has 1 unspecified atom stereocenters. The highest BCUT2D eigenvalue weighted by Crippen LogP contribution is 2.35. The molecule has 4 N–H and O–H groups in total. The van der Waals surface area contributed by atoms with Crippen molar-refractivity contribution in [1.82, 2.24) is 24.1 Å². The first-order valence-electron chi connectivity index (χ1n) is 12.3. The Morgan fingerprint density at radius 2 is 1.89 bits per heavy atom. The summed E-state index contributed by atoms with van der Waals surface area (Å²) in [5, 5.41) is 10.9. The van der Waals surface area contributed by atoms with Crippen molar-refractivity contribution in [3.8, 4) is 0 Å². The van der Waals surface area contributed by atoms with Gasteiger partial charge in [0.25, 0.3) is 5.91 Å². The van der Waals surface area contributed by atoms with E-state index in [-0.39, 0.29) is 11.7 Å². The minimum Gasteiger partial charge on any atom is -0.598 e. The Labute approximate surface area is 218 Å². The van der Waals surface area contributed by atoms with E-state index in [1.54, 1.807) is 13.2 Å². The fraction of sp³-hybridized carbons (Fsp3) is 0.652. The van der Waals surface area contributed by atoms with Gasteiger partial charge in [-0.2, -0.15) is 10.1 Å². The topological polar surface area (TPSA) is 137 Å². The lowest BCUT2D eigenvalue weighted by molar-refractivity contribution is 0.0992. The summed E-state index contributed by atoms with van der Waals surface area (Å²) in [5.41, 5.74) is 6.22. The van der Waals surface area contributed by atoms with Gasteiger partial charge in [0.05, 0.1) is 16.4 Å². The maximum Gasteiger partial charge on any atom is 0.269 e. The number of carbonyl (C=O) groups is 1. The van der Waals surface area contributed by atoms with Crippen LogP contribution in [0, 0.1) is 11.8 Å². The molecule has 1 aliphatic carbocycles. The van der Waals surface area contributed by atoms with Crippen LogP contribution >= 0.6 is 15.9 Å². The molecular formula is C23H35BrN8O2S. The van der Waals surface area contributed by atoms with E-state index < -0.39 is 17.3 Å². The van der Waals surface area contributed by atoms with Gasteiger partial charge in [0.15, 0.2) is 0 Å². The molecule has 0 bridgehead atoms. The summed E-state index contributed by atoms with van der Waals surface area (Å²) in [7, 11) is 1.66. The van der Waals surface area contributed by atoms with Crippen molar-refractivity contribution >= 4 is 50.7 Å². The van der Waals surface area contributed by atoms with Crippen LogP contribution in [0.25, 0.3) is 0 Å². The first kappa shape index (κ1) is 26.2. The summed E-state index contributed by atoms with van der Waals surface area (Å²) in [6, 6.07) is 0.202. The van der Waals surface area contributed by atoms with Gasteiger partial charge in [0.1, 0.15) is 16.8 Å². The number of rotatable bonds is 8. The summed E-state index contributed by atoms with van der Waals surface area (Å²) in [4.78, 5) is 20.7. The van der Waals surface area contributed by atoms with Gasteiger partial charge >= 0.3 is 0 Å². The van der Waals surface area contributed by atoms with E-state index >= 15 is 0 Å². The molecule has 3 heterocycles. The number of hydrogen-bond acceptors (Lipinski definition) is 8. The molecule has 192 valence electrons. The van der Waals surface area contributed by atoms with Gasteiger partial charge in [-0.15, -0.1) is 4.31 Å². The summed E-state index contributed by atoms with van der Waals surface area (Å²) in [5.74, 6) is 1.93. The van der Waals surface area contributed by atoms with E-state index in [1.165, 1.54) is 23.7 Å². The van der Waals surface area contributed by atoms with Gasteiger partial charge < -0.3 is 20.9 Å². The minimum atomic E-state index is -0.904. The zero-order valence-corrected chi connectivity index (χ0v) is 22.9. The fourth-order valence-corrected chi connectivity index (χ4v) is 6.96. The van der Waals surface area contributed by atoms with Crippen LogP contribution < -0.4 is 16.4 Å². The normalized spacial score (nSPS) is 22.8. The van der Waals surface area contributed by atoms with Crippen LogP contribution in [0.1, 0.15) is 62.9 Å². The van der Waals surface area contributed by atoms with Gasteiger partial charge in [-0.1, -0.05) is 13.8 Å². The van der Waals surface area contributed by atoms with Crippen LogP contribution in [0.15, 0.2) is 16.9 Å². The Morgan fingerprint density at radius 3 is 2.51 bits per heavy atom. The van der Waals surface area contributed by atoms with E-state index in [0.717, 1.165) is 50.6 Å². The average Bonchev–Trinajstić information content (AvgIpc) is 3.21. The van der Waals surface area contributed by atoms with Crippen LogP contribution in [-0.4, -0.2) is 58.9 Å². The molecule has 0 radical (unpaired) electrons. The molecule has 1 aliphatic heterocycles. The molecule has 2 aromatic rings. The number of aryl methyl sites for hydroxylation is 1. The maximum absolute atomic E-state index is 13.2. The van der Waals surface area contributed by atoms with E-state index in [9.17, 15) is 9.35 Å². The predicted octanol–water partition coefficient (Wildman–Crippen LogP) is 3.57. The summed E-state index contributed by atoms with van der Waals surface area (Å²) in [6.07, 6.45) is 9.50. The number of piperidine rings is 1. The quantitative estimate of drug-likeness (QED) is 0.412. The molecule has 4 rings (SSSR count).